The highest BCUT2D eigenvalue weighted by molar-refractivity contribution is 5.17. The molecule has 0 amide bonds. The fraction of sp³-hybridized carbons (Fsp3) is 0.333. The van der Waals surface area contributed by atoms with Crippen LogP contribution in [0.5, 0.6) is 0 Å². The Labute approximate surface area is 126 Å². The molecule has 0 radical (unpaired) electrons. The summed E-state index contributed by atoms with van der Waals surface area (Å²) >= 11 is 0. The molecule has 0 aliphatic rings. The summed E-state index contributed by atoms with van der Waals surface area (Å²) in [6, 6.07) is 20.4. The number of rotatable bonds is 8. The molecule has 0 saturated heterocycles. The van der Waals surface area contributed by atoms with Crippen molar-refractivity contribution in [2.24, 2.45) is 0 Å². The lowest BCUT2D eigenvalue weighted by molar-refractivity contribution is 0.0877. The number of nitrogens with zero attached hydrogens (tertiary/aromatic N) is 1. The van der Waals surface area contributed by atoms with Crippen LogP contribution in [0.2, 0.25) is 0 Å². The van der Waals surface area contributed by atoms with Gasteiger partial charge in [-0.15, -0.1) is 0 Å². The van der Waals surface area contributed by atoms with Gasteiger partial charge in [0, 0.05) is 25.7 Å². The highest BCUT2D eigenvalue weighted by Crippen LogP contribution is 2.15. The van der Waals surface area contributed by atoms with Crippen LogP contribution < -0.4 is 0 Å². The topological polar surface area (TPSA) is 43.7 Å². The minimum absolute atomic E-state index is 0.0320. The molecule has 0 fully saturated rings. The van der Waals surface area contributed by atoms with Crippen LogP contribution in [0, 0.1) is 0 Å². The third-order valence-electron chi connectivity index (χ3n) is 3.65. The molecule has 0 heterocycles. The van der Waals surface area contributed by atoms with Gasteiger partial charge in [-0.25, -0.2) is 0 Å². The largest absolute Gasteiger partial charge is 0.396 e. The van der Waals surface area contributed by atoms with Crippen molar-refractivity contribution in [3.63, 3.8) is 0 Å². The van der Waals surface area contributed by atoms with E-state index >= 15 is 0 Å². The average molecular weight is 285 g/mol. The number of aliphatic hydroxyl groups is 2. The van der Waals surface area contributed by atoms with Crippen molar-refractivity contribution in [1.29, 1.82) is 0 Å². The Hall–Kier alpha value is -1.68. The summed E-state index contributed by atoms with van der Waals surface area (Å²) in [5.74, 6) is 0. The fourth-order valence-corrected chi connectivity index (χ4v) is 2.49. The normalized spacial score (nSPS) is 12.5. The Balaban J connectivity index is 2.13. The zero-order valence-corrected chi connectivity index (χ0v) is 12.2. The summed E-state index contributed by atoms with van der Waals surface area (Å²) in [6.07, 6.45) is 0.580. The van der Waals surface area contributed by atoms with E-state index in [9.17, 15) is 10.2 Å². The van der Waals surface area contributed by atoms with E-state index in [0.29, 0.717) is 6.42 Å². The van der Waals surface area contributed by atoms with Gasteiger partial charge in [0.1, 0.15) is 0 Å². The van der Waals surface area contributed by atoms with Crippen molar-refractivity contribution in [1.82, 2.24) is 4.90 Å². The average Bonchev–Trinajstić information content (AvgIpc) is 2.54. The molecule has 2 aromatic carbocycles. The monoisotopic (exact) mass is 285 g/mol. The lowest BCUT2D eigenvalue weighted by Gasteiger charge is -2.30. The minimum Gasteiger partial charge on any atom is -0.396 e. The van der Waals surface area contributed by atoms with Crippen LogP contribution in [0.3, 0.4) is 0 Å². The van der Waals surface area contributed by atoms with Gasteiger partial charge < -0.3 is 10.2 Å². The first-order valence-electron chi connectivity index (χ1n) is 7.37. The Morgan fingerprint density at radius 1 is 0.762 bits per heavy atom. The predicted molar refractivity (Wildman–Crippen MR) is 84.7 cm³/mol. The Bertz CT molecular complexity index is 460. The second-order valence-electron chi connectivity index (χ2n) is 5.22. The van der Waals surface area contributed by atoms with E-state index < -0.39 is 0 Å². The van der Waals surface area contributed by atoms with E-state index in [1.165, 1.54) is 11.1 Å². The molecule has 0 aliphatic carbocycles. The predicted octanol–water partition coefficient (Wildman–Crippen LogP) is 2.43. The quantitative estimate of drug-likeness (QED) is 0.783. The molecule has 0 aromatic heterocycles. The van der Waals surface area contributed by atoms with Crippen LogP contribution in [0.1, 0.15) is 17.5 Å². The highest BCUT2D eigenvalue weighted by Gasteiger charge is 2.18. The van der Waals surface area contributed by atoms with Crippen molar-refractivity contribution in [3.05, 3.63) is 71.8 Å². The number of aliphatic hydroxyl groups excluding tert-OH is 2. The van der Waals surface area contributed by atoms with Gasteiger partial charge in [0.2, 0.25) is 0 Å². The molecule has 0 aliphatic heterocycles. The van der Waals surface area contributed by atoms with Crippen LogP contribution in [0.25, 0.3) is 0 Å². The third-order valence-corrected chi connectivity index (χ3v) is 3.65. The maximum absolute atomic E-state index is 9.63. The molecule has 2 N–H and O–H groups in total. The molecule has 112 valence electrons. The lowest BCUT2D eigenvalue weighted by Crippen LogP contribution is -2.37. The van der Waals surface area contributed by atoms with Crippen molar-refractivity contribution >= 4 is 0 Å². The Kier molecular flexibility index (Phi) is 6.41. The van der Waals surface area contributed by atoms with Gasteiger partial charge in [0.15, 0.2) is 0 Å². The SMILES string of the molecule is OCC[C@@H](CO)N(Cc1ccccc1)Cc1ccccc1. The first-order valence-corrected chi connectivity index (χ1v) is 7.37. The van der Waals surface area contributed by atoms with Gasteiger partial charge >= 0.3 is 0 Å². The molecular weight excluding hydrogens is 262 g/mol. The fourth-order valence-electron chi connectivity index (χ4n) is 2.49. The molecule has 2 rings (SSSR count). The second kappa shape index (κ2) is 8.57. The molecule has 3 nitrogen and oxygen atoms in total. The Morgan fingerprint density at radius 2 is 1.24 bits per heavy atom. The van der Waals surface area contributed by atoms with Crippen LogP contribution >= 0.6 is 0 Å². The molecular formula is C18H23NO2. The summed E-state index contributed by atoms with van der Waals surface area (Å²) in [6.45, 7) is 1.67. The van der Waals surface area contributed by atoms with Gasteiger partial charge in [-0.2, -0.15) is 0 Å². The summed E-state index contributed by atoms with van der Waals surface area (Å²) < 4.78 is 0. The molecule has 0 bridgehead atoms. The van der Waals surface area contributed by atoms with Crippen LogP contribution in [-0.4, -0.2) is 34.4 Å². The van der Waals surface area contributed by atoms with E-state index in [0.717, 1.165) is 13.1 Å². The molecule has 2 aromatic rings. The smallest absolute Gasteiger partial charge is 0.0587 e. The second-order valence-corrected chi connectivity index (χ2v) is 5.22. The zero-order valence-electron chi connectivity index (χ0n) is 12.2. The zero-order chi connectivity index (χ0) is 14.9. The molecule has 0 saturated carbocycles. The summed E-state index contributed by atoms with van der Waals surface area (Å²) in [5, 5.41) is 18.8. The van der Waals surface area contributed by atoms with Crippen LogP contribution in [0.4, 0.5) is 0 Å². The number of hydrogen-bond donors (Lipinski definition) is 2. The van der Waals surface area contributed by atoms with E-state index in [4.69, 9.17) is 0 Å². The van der Waals surface area contributed by atoms with Gasteiger partial charge in [0.05, 0.1) is 6.61 Å². The highest BCUT2D eigenvalue weighted by atomic mass is 16.3. The van der Waals surface area contributed by atoms with E-state index in [-0.39, 0.29) is 19.3 Å². The van der Waals surface area contributed by atoms with Crippen LogP contribution in [0.15, 0.2) is 60.7 Å². The minimum atomic E-state index is -0.0320. The summed E-state index contributed by atoms with van der Waals surface area (Å²) in [7, 11) is 0. The Morgan fingerprint density at radius 3 is 1.62 bits per heavy atom. The standard InChI is InChI=1S/C18H23NO2/c20-12-11-18(15-21)19(13-16-7-3-1-4-8-16)14-17-9-5-2-6-10-17/h1-10,18,20-21H,11-15H2/t18-/m0/s1. The van der Waals surface area contributed by atoms with E-state index in [1.807, 2.05) is 36.4 Å². The van der Waals surface area contributed by atoms with Gasteiger partial charge in [-0.05, 0) is 17.5 Å². The molecule has 21 heavy (non-hydrogen) atoms. The maximum Gasteiger partial charge on any atom is 0.0587 e. The number of benzene rings is 2. The van der Waals surface area contributed by atoms with Gasteiger partial charge in [-0.3, -0.25) is 4.90 Å². The first-order chi connectivity index (χ1) is 10.3. The number of hydrogen-bond acceptors (Lipinski definition) is 3. The molecule has 1 atom stereocenters. The first kappa shape index (κ1) is 15.7. The van der Waals surface area contributed by atoms with E-state index in [1.54, 1.807) is 0 Å². The van der Waals surface area contributed by atoms with Crippen molar-refractivity contribution in [3.8, 4) is 0 Å². The van der Waals surface area contributed by atoms with Gasteiger partial charge in [-0.1, -0.05) is 60.7 Å². The van der Waals surface area contributed by atoms with Crippen molar-refractivity contribution in [2.75, 3.05) is 13.2 Å². The third kappa shape index (κ3) is 4.97. The summed E-state index contributed by atoms with van der Waals surface area (Å²) in [4.78, 5) is 2.22. The van der Waals surface area contributed by atoms with E-state index in [2.05, 4.69) is 29.2 Å². The summed E-state index contributed by atoms with van der Waals surface area (Å²) in [5.41, 5.74) is 2.43. The van der Waals surface area contributed by atoms with Gasteiger partial charge in [0.25, 0.3) is 0 Å². The molecule has 0 spiro atoms. The molecule has 0 unspecified atom stereocenters. The van der Waals surface area contributed by atoms with Crippen LogP contribution in [-0.2, 0) is 13.1 Å². The lowest BCUT2D eigenvalue weighted by atomic mass is 10.1. The van der Waals surface area contributed by atoms with Crippen molar-refractivity contribution < 1.29 is 10.2 Å². The molecule has 3 heteroatoms. The maximum atomic E-state index is 9.63. The van der Waals surface area contributed by atoms with Crippen molar-refractivity contribution in [2.45, 2.75) is 25.6 Å².